The summed E-state index contributed by atoms with van der Waals surface area (Å²) >= 11 is 11.9. The second kappa shape index (κ2) is 8.05. The van der Waals surface area contributed by atoms with Crippen LogP contribution >= 0.6 is 23.2 Å². The van der Waals surface area contributed by atoms with E-state index in [9.17, 15) is 8.42 Å². The van der Waals surface area contributed by atoms with Crippen LogP contribution in [0.25, 0.3) is 0 Å². The normalized spacial score (nSPS) is 11.6. The molecule has 1 rings (SSSR count). The minimum absolute atomic E-state index is 0.0927. The Kier molecular flexibility index (Phi) is 7.05. The SMILES string of the molecule is CCCCOCCOc1c(Cl)cc(S(N)(=O)=O)cc1Cl. The molecular formula is C12H17Cl2NO4S. The van der Waals surface area contributed by atoms with Gasteiger partial charge in [0.1, 0.15) is 6.61 Å². The molecule has 1 aromatic carbocycles. The van der Waals surface area contributed by atoms with Gasteiger partial charge in [-0.3, -0.25) is 0 Å². The van der Waals surface area contributed by atoms with E-state index in [4.69, 9.17) is 37.8 Å². The van der Waals surface area contributed by atoms with E-state index in [-0.39, 0.29) is 27.3 Å². The number of hydrogen-bond donors (Lipinski definition) is 1. The van der Waals surface area contributed by atoms with Gasteiger partial charge < -0.3 is 9.47 Å². The van der Waals surface area contributed by atoms with Crippen molar-refractivity contribution in [3.05, 3.63) is 22.2 Å². The molecule has 8 heteroatoms. The van der Waals surface area contributed by atoms with Gasteiger partial charge in [-0.1, -0.05) is 36.5 Å². The van der Waals surface area contributed by atoms with Crippen LogP contribution in [0.2, 0.25) is 10.0 Å². The molecule has 1 aromatic rings. The molecule has 0 radical (unpaired) electrons. The second-order valence-corrected chi connectivity index (χ2v) is 6.45. The van der Waals surface area contributed by atoms with Crippen molar-refractivity contribution in [2.24, 2.45) is 5.14 Å². The number of unbranched alkanes of at least 4 members (excludes halogenated alkanes) is 1. The van der Waals surface area contributed by atoms with Gasteiger partial charge in [0, 0.05) is 6.61 Å². The molecule has 20 heavy (non-hydrogen) atoms. The number of nitrogens with two attached hydrogens (primary N) is 1. The number of sulfonamides is 1. The van der Waals surface area contributed by atoms with Gasteiger partial charge in [-0.2, -0.15) is 0 Å². The maximum absolute atomic E-state index is 11.2. The molecule has 0 spiro atoms. The first-order valence-corrected chi connectivity index (χ1v) is 8.39. The highest BCUT2D eigenvalue weighted by atomic mass is 35.5. The Bertz CT molecular complexity index is 525. The van der Waals surface area contributed by atoms with E-state index in [0.717, 1.165) is 12.8 Å². The molecule has 0 saturated carbocycles. The lowest BCUT2D eigenvalue weighted by molar-refractivity contribution is 0.0981. The molecule has 5 nitrogen and oxygen atoms in total. The quantitative estimate of drug-likeness (QED) is 0.737. The Morgan fingerprint density at radius 2 is 1.75 bits per heavy atom. The lowest BCUT2D eigenvalue weighted by Crippen LogP contribution is -2.13. The second-order valence-electron chi connectivity index (χ2n) is 4.08. The fraction of sp³-hybridized carbons (Fsp3) is 0.500. The Morgan fingerprint density at radius 3 is 2.25 bits per heavy atom. The van der Waals surface area contributed by atoms with Crippen molar-refractivity contribution < 1.29 is 17.9 Å². The molecule has 0 fully saturated rings. The summed E-state index contributed by atoms with van der Waals surface area (Å²) in [6.07, 6.45) is 2.05. The molecule has 2 N–H and O–H groups in total. The number of hydrogen-bond acceptors (Lipinski definition) is 4. The minimum Gasteiger partial charge on any atom is -0.488 e. The van der Waals surface area contributed by atoms with E-state index in [0.29, 0.717) is 13.2 Å². The third-order valence-electron chi connectivity index (χ3n) is 2.42. The lowest BCUT2D eigenvalue weighted by atomic mass is 10.3. The standard InChI is InChI=1S/C12H17Cl2NO4S/c1-2-3-4-18-5-6-19-12-10(13)7-9(8-11(12)14)20(15,16)17/h7-8H,2-6H2,1H3,(H2,15,16,17). The van der Waals surface area contributed by atoms with Gasteiger partial charge in [-0.15, -0.1) is 0 Å². The molecule has 0 aliphatic rings. The number of halogens is 2. The van der Waals surface area contributed by atoms with E-state index >= 15 is 0 Å². The summed E-state index contributed by atoms with van der Waals surface area (Å²) in [7, 11) is -3.85. The summed E-state index contributed by atoms with van der Waals surface area (Å²) in [5.41, 5.74) is 0. The van der Waals surface area contributed by atoms with Crippen molar-refractivity contribution in [3.63, 3.8) is 0 Å². The van der Waals surface area contributed by atoms with E-state index < -0.39 is 10.0 Å². The molecule has 0 aromatic heterocycles. The van der Waals surface area contributed by atoms with Crippen molar-refractivity contribution in [3.8, 4) is 5.75 Å². The number of primary sulfonamides is 1. The summed E-state index contributed by atoms with van der Waals surface area (Å²) in [5.74, 6) is 0.222. The Labute approximate surface area is 129 Å². The average Bonchev–Trinajstić information content (AvgIpc) is 2.34. The summed E-state index contributed by atoms with van der Waals surface area (Å²) in [5, 5.41) is 5.19. The van der Waals surface area contributed by atoms with Gasteiger partial charge in [-0.25, -0.2) is 13.6 Å². The molecule has 114 valence electrons. The van der Waals surface area contributed by atoms with Gasteiger partial charge >= 0.3 is 0 Å². The monoisotopic (exact) mass is 341 g/mol. The lowest BCUT2D eigenvalue weighted by Gasteiger charge is -2.11. The average molecular weight is 342 g/mol. The van der Waals surface area contributed by atoms with Crippen LogP contribution in [0.4, 0.5) is 0 Å². The number of ether oxygens (including phenoxy) is 2. The van der Waals surface area contributed by atoms with Crippen molar-refractivity contribution in [2.45, 2.75) is 24.7 Å². The maximum Gasteiger partial charge on any atom is 0.238 e. The Hall–Kier alpha value is -0.530. The summed E-state index contributed by atoms with van der Waals surface area (Å²) in [4.78, 5) is -0.154. The smallest absolute Gasteiger partial charge is 0.238 e. The summed E-state index contributed by atoms with van der Waals surface area (Å²) in [6.45, 7) is 3.43. The topological polar surface area (TPSA) is 78.6 Å². The highest BCUT2D eigenvalue weighted by Gasteiger charge is 2.15. The van der Waals surface area contributed by atoms with Crippen LogP contribution in [0.15, 0.2) is 17.0 Å². The van der Waals surface area contributed by atoms with Crippen LogP contribution in [0.3, 0.4) is 0 Å². The minimum atomic E-state index is -3.85. The van der Waals surface area contributed by atoms with Crippen LogP contribution in [-0.4, -0.2) is 28.2 Å². The fourth-order valence-electron chi connectivity index (χ4n) is 1.39. The van der Waals surface area contributed by atoms with Gasteiger partial charge in [0.25, 0.3) is 0 Å². The highest BCUT2D eigenvalue weighted by molar-refractivity contribution is 7.89. The van der Waals surface area contributed by atoms with Crippen molar-refractivity contribution in [1.82, 2.24) is 0 Å². The van der Waals surface area contributed by atoms with Crippen LogP contribution in [0.5, 0.6) is 5.75 Å². The van der Waals surface area contributed by atoms with Crippen LogP contribution in [-0.2, 0) is 14.8 Å². The Morgan fingerprint density at radius 1 is 1.15 bits per heavy atom. The van der Waals surface area contributed by atoms with Crippen molar-refractivity contribution in [2.75, 3.05) is 19.8 Å². The molecule has 0 atom stereocenters. The zero-order valence-electron chi connectivity index (χ0n) is 11.1. The van der Waals surface area contributed by atoms with Gasteiger partial charge in [-0.05, 0) is 18.6 Å². The van der Waals surface area contributed by atoms with Crippen LogP contribution in [0.1, 0.15) is 19.8 Å². The zero-order chi connectivity index (χ0) is 15.2. The van der Waals surface area contributed by atoms with Gasteiger partial charge in [0.15, 0.2) is 5.75 Å². The molecule has 0 bridgehead atoms. The first-order valence-electron chi connectivity index (χ1n) is 6.08. The highest BCUT2D eigenvalue weighted by Crippen LogP contribution is 2.35. The van der Waals surface area contributed by atoms with Crippen molar-refractivity contribution >= 4 is 33.2 Å². The number of benzene rings is 1. The van der Waals surface area contributed by atoms with Gasteiger partial charge in [0.2, 0.25) is 10.0 Å². The van der Waals surface area contributed by atoms with Crippen LogP contribution < -0.4 is 9.88 Å². The molecule has 0 saturated heterocycles. The van der Waals surface area contributed by atoms with E-state index in [1.807, 2.05) is 0 Å². The Balaban J connectivity index is 2.63. The molecule has 0 aliphatic carbocycles. The molecular weight excluding hydrogens is 325 g/mol. The third kappa shape index (κ3) is 5.46. The maximum atomic E-state index is 11.2. The first-order chi connectivity index (χ1) is 9.36. The largest absolute Gasteiger partial charge is 0.488 e. The van der Waals surface area contributed by atoms with E-state index in [1.54, 1.807) is 0 Å². The third-order valence-corrected chi connectivity index (χ3v) is 3.87. The predicted molar refractivity (Wildman–Crippen MR) is 79.1 cm³/mol. The molecule has 0 amide bonds. The van der Waals surface area contributed by atoms with Crippen molar-refractivity contribution in [1.29, 1.82) is 0 Å². The van der Waals surface area contributed by atoms with E-state index in [1.165, 1.54) is 12.1 Å². The zero-order valence-corrected chi connectivity index (χ0v) is 13.4. The predicted octanol–water partition coefficient (Wildman–Crippen LogP) is 2.84. The summed E-state index contributed by atoms with van der Waals surface area (Å²) < 4.78 is 33.1. The van der Waals surface area contributed by atoms with E-state index in [2.05, 4.69) is 6.92 Å². The van der Waals surface area contributed by atoms with Crippen LogP contribution in [0, 0.1) is 0 Å². The molecule has 0 aliphatic heterocycles. The summed E-state index contributed by atoms with van der Waals surface area (Å²) in [6, 6.07) is 2.41. The number of rotatable bonds is 8. The van der Waals surface area contributed by atoms with Gasteiger partial charge in [0.05, 0.1) is 21.5 Å². The first kappa shape index (κ1) is 17.5. The molecule has 0 heterocycles. The molecule has 0 unspecified atom stereocenters. The fourth-order valence-corrected chi connectivity index (χ4v) is 2.68.